The van der Waals surface area contributed by atoms with Crippen molar-refractivity contribution in [2.75, 3.05) is 18.1 Å². The number of fused-ring (bicyclic) bond motifs is 2. The summed E-state index contributed by atoms with van der Waals surface area (Å²) in [5, 5.41) is 2.92. The normalized spacial score (nSPS) is 12.9. The molecule has 4 nitrogen and oxygen atoms in total. The van der Waals surface area contributed by atoms with Crippen molar-refractivity contribution in [1.82, 2.24) is 0 Å². The van der Waals surface area contributed by atoms with E-state index in [0.717, 1.165) is 0 Å². The van der Waals surface area contributed by atoms with Crippen LogP contribution < -0.4 is 11.1 Å². The van der Waals surface area contributed by atoms with Crippen LogP contribution in [0.25, 0.3) is 0 Å². The molecule has 0 aromatic heterocycles. The topological polar surface area (TPSA) is 72.2 Å². The second-order valence-electron chi connectivity index (χ2n) is 4.40. The van der Waals surface area contributed by atoms with E-state index in [9.17, 15) is 9.59 Å². The molecule has 0 bridgehead atoms. The molecule has 0 heterocycles. The molecule has 3 rings (SSSR count). The Morgan fingerprint density at radius 1 is 0.895 bits per heavy atom. The van der Waals surface area contributed by atoms with Crippen molar-refractivity contribution in [2.24, 2.45) is 0 Å². The van der Waals surface area contributed by atoms with E-state index in [1.165, 1.54) is 0 Å². The lowest BCUT2D eigenvalue weighted by Crippen LogP contribution is -2.22. The summed E-state index contributed by atoms with van der Waals surface area (Å²) in [4.78, 5) is 24.9. The molecule has 0 unspecified atom stereocenters. The number of nitrogens with one attached hydrogen (secondary N) is 1. The zero-order valence-electron chi connectivity index (χ0n) is 10.4. The molecule has 0 spiro atoms. The van der Waals surface area contributed by atoms with Crippen LogP contribution in [0.2, 0.25) is 0 Å². The van der Waals surface area contributed by atoms with Crippen LogP contribution in [0.1, 0.15) is 31.8 Å². The highest BCUT2D eigenvalue weighted by Gasteiger charge is 2.31. The SMILES string of the molecule is CNc1ccc2c(c1N)C(=O)c1ccccc1C2=O. The fraction of sp³-hybridized carbons (Fsp3) is 0.0667. The van der Waals surface area contributed by atoms with Crippen molar-refractivity contribution in [3.8, 4) is 0 Å². The van der Waals surface area contributed by atoms with Crippen LogP contribution >= 0.6 is 0 Å². The molecule has 0 amide bonds. The van der Waals surface area contributed by atoms with Crippen LogP contribution in [-0.4, -0.2) is 18.6 Å². The van der Waals surface area contributed by atoms with E-state index in [4.69, 9.17) is 5.73 Å². The Bertz CT molecular complexity index is 720. The summed E-state index contributed by atoms with van der Waals surface area (Å²) in [5.41, 5.74) is 8.50. The Labute approximate surface area is 110 Å². The van der Waals surface area contributed by atoms with E-state index in [1.807, 2.05) is 0 Å². The van der Waals surface area contributed by atoms with Crippen LogP contribution in [-0.2, 0) is 0 Å². The second-order valence-corrected chi connectivity index (χ2v) is 4.40. The molecular formula is C15H12N2O2. The lowest BCUT2D eigenvalue weighted by Gasteiger charge is -2.20. The van der Waals surface area contributed by atoms with Gasteiger partial charge in [-0.05, 0) is 12.1 Å². The predicted octanol–water partition coefficient (Wildman–Crippen LogP) is 2.09. The van der Waals surface area contributed by atoms with Crippen LogP contribution in [0.3, 0.4) is 0 Å². The standard InChI is InChI=1S/C15H12N2O2/c1-17-11-7-6-10-12(13(11)16)15(19)9-5-3-2-4-8(9)14(10)18/h2-7,17H,16H2,1H3. The molecule has 0 saturated heterocycles. The summed E-state index contributed by atoms with van der Waals surface area (Å²) in [6.07, 6.45) is 0. The Morgan fingerprint density at radius 2 is 1.53 bits per heavy atom. The maximum Gasteiger partial charge on any atom is 0.196 e. The number of ketones is 2. The van der Waals surface area contributed by atoms with Gasteiger partial charge >= 0.3 is 0 Å². The number of nitrogen functional groups attached to an aromatic ring is 1. The highest BCUT2D eigenvalue weighted by atomic mass is 16.1. The third kappa shape index (κ3) is 1.46. The lowest BCUT2D eigenvalue weighted by molar-refractivity contribution is 0.0980. The van der Waals surface area contributed by atoms with E-state index in [-0.39, 0.29) is 11.6 Å². The molecule has 19 heavy (non-hydrogen) atoms. The molecular weight excluding hydrogens is 240 g/mol. The molecule has 2 aromatic carbocycles. The third-order valence-electron chi connectivity index (χ3n) is 3.40. The zero-order chi connectivity index (χ0) is 13.6. The Balaban J connectivity index is 2.33. The van der Waals surface area contributed by atoms with Crippen molar-refractivity contribution < 1.29 is 9.59 Å². The summed E-state index contributed by atoms with van der Waals surface area (Å²) < 4.78 is 0. The first kappa shape index (κ1) is 11.5. The number of benzene rings is 2. The number of hydrogen-bond acceptors (Lipinski definition) is 4. The van der Waals surface area contributed by atoms with Gasteiger partial charge in [-0.1, -0.05) is 24.3 Å². The van der Waals surface area contributed by atoms with Crippen LogP contribution in [0.15, 0.2) is 36.4 Å². The summed E-state index contributed by atoms with van der Waals surface area (Å²) in [6.45, 7) is 0. The molecule has 1 aliphatic carbocycles. The van der Waals surface area contributed by atoms with E-state index in [2.05, 4.69) is 5.32 Å². The minimum absolute atomic E-state index is 0.153. The monoisotopic (exact) mass is 252 g/mol. The van der Waals surface area contributed by atoms with E-state index in [1.54, 1.807) is 43.4 Å². The largest absolute Gasteiger partial charge is 0.396 e. The second kappa shape index (κ2) is 3.95. The average molecular weight is 252 g/mol. The molecule has 2 aromatic rings. The predicted molar refractivity (Wildman–Crippen MR) is 73.7 cm³/mol. The first-order valence-electron chi connectivity index (χ1n) is 5.93. The first-order chi connectivity index (χ1) is 9.15. The van der Waals surface area contributed by atoms with E-state index in [0.29, 0.717) is 33.6 Å². The fourth-order valence-electron chi connectivity index (χ4n) is 2.43. The molecule has 0 aliphatic heterocycles. The number of nitrogens with two attached hydrogens (primary N) is 1. The highest BCUT2D eigenvalue weighted by molar-refractivity contribution is 6.30. The summed E-state index contributed by atoms with van der Waals surface area (Å²) >= 11 is 0. The van der Waals surface area contributed by atoms with Gasteiger partial charge in [0, 0.05) is 23.7 Å². The molecule has 94 valence electrons. The smallest absolute Gasteiger partial charge is 0.196 e. The Kier molecular flexibility index (Phi) is 2.38. The minimum Gasteiger partial charge on any atom is -0.396 e. The number of carbonyl (C=O) groups is 2. The van der Waals surface area contributed by atoms with Crippen LogP contribution in [0, 0.1) is 0 Å². The fourth-order valence-corrected chi connectivity index (χ4v) is 2.43. The van der Waals surface area contributed by atoms with Crippen LogP contribution in [0.5, 0.6) is 0 Å². The molecule has 0 fully saturated rings. The Hall–Kier alpha value is -2.62. The maximum absolute atomic E-state index is 12.5. The van der Waals surface area contributed by atoms with Crippen molar-refractivity contribution in [3.05, 3.63) is 58.7 Å². The quantitative estimate of drug-likeness (QED) is 0.650. The summed E-state index contributed by atoms with van der Waals surface area (Å²) in [7, 11) is 1.72. The molecule has 0 atom stereocenters. The molecule has 4 heteroatoms. The minimum atomic E-state index is -0.195. The third-order valence-corrected chi connectivity index (χ3v) is 3.40. The molecule has 1 aliphatic rings. The zero-order valence-corrected chi connectivity index (χ0v) is 10.4. The summed E-state index contributed by atoms with van der Waals surface area (Å²) in [5.74, 6) is -0.348. The van der Waals surface area contributed by atoms with Crippen molar-refractivity contribution in [1.29, 1.82) is 0 Å². The van der Waals surface area contributed by atoms with Gasteiger partial charge in [0.2, 0.25) is 0 Å². The summed E-state index contributed by atoms with van der Waals surface area (Å²) in [6, 6.07) is 10.2. The van der Waals surface area contributed by atoms with Gasteiger partial charge in [0.25, 0.3) is 0 Å². The van der Waals surface area contributed by atoms with E-state index >= 15 is 0 Å². The van der Waals surface area contributed by atoms with Crippen LogP contribution in [0.4, 0.5) is 11.4 Å². The van der Waals surface area contributed by atoms with Gasteiger partial charge in [0.1, 0.15) is 0 Å². The van der Waals surface area contributed by atoms with Crippen molar-refractivity contribution in [3.63, 3.8) is 0 Å². The maximum atomic E-state index is 12.5. The van der Waals surface area contributed by atoms with Gasteiger partial charge in [0.05, 0.1) is 16.9 Å². The average Bonchev–Trinajstić information content (AvgIpc) is 2.44. The van der Waals surface area contributed by atoms with E-state index < -0.39 is 0 Å². The number of rotatable bonds is 1. The number of anilines is 2. The number of hydrogen-bond donors (Lipinski definition) is 2. The Morgan fingerprint density at radius 3 is 2.16 bits per heavy atom. The highest BCUT2D eigenvalue weighted by Crippen LogP contribution is 2.34. The van der Waals surface area contributed by atoms with Gasteiger partial charge in [0.15, 0.2) is 11.6 Å². The van der Waals surface area contributed by atoms with Crippen molar-refractivity contribution >= 4 is 22.9 Å². The molecule has 0 saturated carbocycles. The van der Waals surface area contributed by atoms with Crippen molar-refractivity contribution in [2.45, 2.75) is 0 Å². The number of carbonyl (C=O) groups excluding carboxylic acids is 2. The molecule has 3 N–H and O–H groups in total. The van der Waals surface area contributed by atoms with Gasteiger partial charge in [-0.2, -0.15) is 0 Å². The van der Waals surface area contributed by atoms with Gasteiger partial charge in [-0.25, -0.2) is 0 Å². The molecule has 0 radical (unpaired) electrons. The first-order valence-corrected chi connectivity index (χ1v) is 5.93. The van der Waals surface area contributed by atoms with Gasteiger partial charge in [-0.15, -0.1) is 0 Å². The lowest BCUT2D eigenvalue weighted by atomic mass is 9.83. The van der Waals surface area contributed by atoms with Gasteiger partial charge < -0.3 is 11.1 Å². The van der Waals surface area contributed by atoms with Gasteiger partial charge in [-0.3, -0.25) is 9.59 Å².